The largest absolute Gasteiger partial charge is 0.433 e. The summed E-state index contributed by atoms with van der Waals surface area (Å²) in [5, 5.41) is 2.28. The summed E-state index contributed by atoms with van der Waals surface area (Å²) in [5.41, 5.74) is -0.805. The SMILES string of the molecule is O=C(Nc1cccc(C(F)(F)F)n1)c1ccc[nH]1. The molecule has 2 heterocycles. The third-order valence-electron chi connectivity index (χ3n) is 2.12. The maximum atomic E-state index is 12.4. The van der Waals surface area contributed by atoms with Gasteiger partial charge in [0.1, 0.15) is 17.2 Å². The molecule has 0 saturated carbocycles. The van der Waals surface area contributed by atoms with Crippen molar-refractivity contribution in [2.45, 2.75) is 6.18 Å². The van der Waals surface area contributed by atoms with Crippen LogP contribution in [0.25, 0.3) is 0 Å². The van der Waals surface area contributed by atoms with E-state index >= 15 is 0 Å². The Morgan fingerprint density at radius 2 is 2.00 bits per heavy atom. The van der Waals surface area contributed by atoms with Crippen LogP contribution in [0.1, 0.15) is 16.2 Å². The average Bonchev–Trinajstić information content (AvgIpc) is 2.81. The Morgan fingerprint density at radius 1 is 1.22 bits per heavy atom. The minimum Gasteiger partial charge on any atom is -0.357 e. The van der Waals surface area contributed by atoms with Crippen molar-refractivity contribution in [1.82, 2.24) is 9.97 Å². The lowest BCUT2D eigenvalue weighted by Gasteiger charge is -2.08. The van der Waals surface area contributed by atoms with E-state index in [1.807, 2.05) is 0 Å². The molecule has 2 rings (SSSR count). The van der Waals surface area contributed by atoms with Crippen LogP contribution in [-0.2, 0) is 6.18 Å². The van der Waals surface area contributed by atoms with Crippen LogP contribution in [0, 0.1) is 0 Å². The maximum Gasteiger partial charge on any atom is 0.433 e. The number of nitrogens with one attached hydrogen (secondary N) is 2. The minimum absolute atomic E-state index is 0.149. The number of rotatable bonds is 2. The number of carbonyl (C=O) groups is 1. The number of nitrogens with zero attached hydrogens (tertiary/aromatic N) is 1. The first-order chi connectivity index (χ1) is 8.47. The van der Waals surface area contributed by atoms with Crippen LogP contribution in [0.5, 0.6) is 0 Å². The summed E-state index contributed by atoms with van der Waals surface area (Å²) in [5.74, 6) is -0.698. The average molecular weight is 255 g/mol. The highest BCUT2D eigenvalue weighted by Gasteiger charge is 2.32. The highest BCUT2D eigenvalue weighted by molar-refractivity contribution is 6.02. The normalized spacial score (nSPS) is 11.3. The fraction of sp³-hybridized carbons (Fsp3) is 0.0909. The predicted molar refractivity (Wildman–Crippen MR) is 58.0 cm³/mol. The van der Waals surface area contributed by atoms with E-state index in [2.05, 4.69) is 15.3 Å². The molecule has 0 unspecified atom stereocenters. The molecular formula is C11H8F3N3O. The van der Waals surface area contributed by atoms with Gasteiger partial charge >= 0.3 is 6.18 Å². The Hall–Kier alpha value is -2.31. The third-order valence-corrected chi connectivity index (χ3v) is 2.12. The Balaban J connectivity index is 2.18. The second-order valence-corrected chi connectivity index (χ2v) is 3.44. The second-order valence-electron chi connectivity index (χ2n) is 3.44. The van der Waals surface area contributed by atoms with Crippen LogP contribution in [-0.4, -0.2) is 15.9 Å². The van der Waals surface area contributed by atoms with Crippen molar-refractivity contribution in [1.29, 1.82) is 0 Å². The first kappa shape index (κ1) is 12.2. The highest BCUT2D eigenvalue weighted by Crippen LogP contribution is 2.28. The molecule has 0 aromatic carbocycles. The van der Waals surface area contributed by atoms with Gasteiger partial charge in [-0.15, -0.1) is 0 Å². The van der Waals surface area contributed by atoms with Crippen molar-refractivity contribution in [3.05, 3.63) is 47.9 Å². The van der Waals surface area contributed by atoms with Gasteiger partial charge in [-0.25, -0.2) is 4.98 Å². The molecule has 2 N–H and O–H groups in total. The van der Waals surface area contributed by atoms with Gasteiger partial charge in [-0.05, 0) is 24.3 Å². The monoisotopic (exact) mass is 255 g/mol. The first-order valence-electron chi connectivity index (χ1n) is 4.96. The second kappa shape index (κ2) is 4.52. The molecular weight excluding hydrogens is 247 g/mol. The summed E-state index contributed by atoms with van der Waals surface area (Å²) in [6.07, 6.45) is -3.00. The number of carbonyl (C=O) groups excluding carboxylic acids is 1. The van der Waals surface area contributed by atoms with Crippen LogP contribution >= 0.6 is 0 Å². The standard InChI is InChI=1S/C11H8F3N3O/c12-11(13,14)8-4-1-5-9(16-8)17-10(18)7-3-2-6-15-7/h1-6,15H,(H,16,17,18). The molecule has 0 fully saturated rings. The van der Waals surface area contributed by atoms with Crippen molar-refractivity contribution in [3.63, 3.8) is 0 Å². The van der Waals surface area contributed by atoms with Crippen molar-refractivity contribution >= 4 is 11.7 Å². The smallest absolute Gasteiger partial charge is 0.357 e. The van der Waals surface area contributed by atoms with Gasteiger partial charge in [0.25, 0.3) is 5.91 Å². The quantitative estimate of drug-likeness (QED) is 0.866. The molecule has 0 bridgehead atoms. The highest BCUT2D eigenvalue weighted by atomic mass is 19.4. The summed E-state index contributed by atoms with van der Waals surface area (Å²) in [6, 6.07) is 6.41. The molecule has 0 radical (unpaired) electrons. The van der Waals surface area contributed by atoms with Crippen LogP contribution in [0.15, 0.2) is 36.5 Å². The van der Waals surface area contributed by atoms with Gasteiger partial charge in [0.05, 0.1) is 0 Å². The zero-order valence-electron chi connectivity index (χ0n) is 8.95. The number of halogens is 3. The van der Waals surface area contributed by atoms with E-state index in [9.17, 15) is 18.0 Å². The lowest BCUT2D eigenvalue weighted by Crippen LogP contribution is -2.15. The Kier molecular flexibility index (Phi) is 3.05. The summed E-state index contributed by atoms with van der Waals surface area (Å²) < 4.78 is 37.2. The summed E-state index contributed by atoms with van der Waals surface area (Å²) in [4.78, 5) is 17.5. The van der Waals surface area contributed by atoms with Crippen molar-refractivity contribution in [3.8, 4) is 0 Å². The minimum atomic E-state index is -4.53. The number of amides is 1. The van der Waals surface area contributed by atoms with Gasteiger partial charge in [-0.2, -0.15) is 13.2 Å². The van der Waals surface area contributed by atoms with E-state index in [0.29, 0.717) is 0 Å². The Labute approximate surface area is 99.9 Å². The first-order valence-corrected chi connectivity index (χ1v) is 4.96. The number of aromatic nitrogens is 2. The zero-order valence-corrected chi connectivity index (χ0v) is 8.95. The van der Waals surface area contributed by atoms with E-state index < -0.39 is 17.8 Å². The van der Waals surface area contributed by atoms with E-state index in [4.69, 9.17) is 0 Å². The molecule has 18 heavy (non-hydrogen) atoms. The van der Waals surface area contributed by atoms with E-state index in [1.54, 1.807) is 6.07 Å². The third kappa shape index (κ3) is 2.68. The Bertz CT molecular complexity index is 549. The van der Waals surface area contributed by atoms with E-state index in [1.165, 1.54) is 24.4 Å². The fourth-order valence-corrected chi connectivity index (χ4v) is 1.32. The van der Waals surface area contributed by atoms with Crippen molar-refractivity contribution in [2.75, 3.05) is 5.32 Å². The van der Waals surface area contributed by atoms with E-state index in [-0.39, 0.29) is 11.5 Å². The topological polar surface area (TPSA) is 57.8 Å². The van der Waals surface area contributed by atoms with Crippen LogP contribution < -0.4 is 5.32 Å². The number of alkyl halides is 3. The lowest BCUT2D eigenvalue weighted by molar-refractivity contribution is -0.141. The maximum absolute atomic E-state index is 12.4. The van der Waals surface area contributed by atoms with E-state index in [0.717, 1.165) is 6.07 Å². The number of hydrogen-bond donors (Lipinski definition) is 2. The predicted octanol–water partition coefficient (Wildman–Crippen LogP) is 2.68. The van der Waals surface area contributed by atoms with Crippen molar-refractivity contribution < 1.29 is 18.0 Å². The van der Waals surface area contributed by atoms with Gasteiger partial charge in [0, 0.05) is 6.20 Å². The van der Waals surface area contributed by atoms with Gasteiger partial charge < -0.3 is 10.3 Å². The molecule has 0 aliphatic rings. The molecule has 0 spiro atoms. The summed E-state index contributed by atoms with van der Waals surface area (Å²) in [6.45, 7) is 0. The summed E-state index contributed by atoms with van der Waals surface area (Å²) in [7, 11) is 0. The number of aromatic amines is 1. The number of H-pyrrole nitrogens is 1. The Morgan fingerprint density at radius 3 is 2.61 bits per heavy atom. The molecule has 2 aromatic heterocycles. The van der Waals surface area contributed by atoms with Crippen LogP contribution in [0.3, 0.4) is 0 Å². The lowest BCUT2D eigenvalue weighted by atomic mass is 10.3. The molecule has 0 saturated heterocycles. The van der Waals surface area contributed by atoms with Crippen LogP contribution in [0.4, 0.5) is 19.0 Å². The molecule has 2 aromatic rings. The molecule has 1 amide bonds. The fourth-order valence-electron chi connectivity index (χ4n) is 1.32. The molecule has 0 atom stereocenters. The number of hydrogen-bond acceptors (Lipinski definition) is 2. The van der Waals surface area contributed by atoms with Gasteiger partial charge in [-0.1, -0.05) is 6.07 Å². The molecule has 0 aliphatic heterocycles. The molecule has 4 nitrogen and oxygen atoms in total. The number of anilines is 1. The summed E-state index contributed by atoms with van der Waals surface area (Å²) >= 11 is 0. The van der Waals surface area contributed by atoms with Crippen molar-refractivity contribution in [2.24, 2.45) is 0 Å². The molecule has 7 heteroatoms. The van der Waals surface area contributed by atoms with Crippen LogP contribution in [0.2, 0.25) is 0 Å². The zero-order chi connectivity index (χ0) is 13.2. The molecule has 0 aliphatic carbocycles. The molecule has 94 valence electrons. The number of pyridine rings is 1. The van der Waals surface area contributed by atoms with Gasteiger partial charge in [0.2, 0.25) is 0 Å². The van der Waals surface area contributed by atoms with Gasteiger partial charge in [-0.3, -0.25) is 4.79 Å². The van der Waals surface area contributed by atoms with Gasteiger partial charge in [0.15, 0.2) is 0 Å².